The van der Waals surface area contributed by atoms with Gasteiger partial charge in [0.2, 0.25) is 0 Å². The van der Waals surface area contributed by atoms with E-state index in [0.717, 1.165) is 48.5 Å². The van der Waals surface area contributed by atoms with Crippen molar-refractivity contribution in [1.29, 1.82) is 0 Å². The molecular weight excluding hydrogens is 402 g/mol. The maximum absolute atomic E-state index is 12.3. The highest BCUT2D eigenvalue weighted by molar-refractivity contribution is 5.89. The number of hydrogen-bond donors (Lipinski definition) is 3. The highest BCUT2D eigenvalue weighted by Crippen LogP contribution is 2.22. The van der Waals surface area contributed by atoms with Crippen LogP contribution in [-0.4, -0.2) is 42.6 Å². The molecule has 0 saturated carbocycles. The molecule has 2 aromatic rings. The van der Waals surface area contributed by atoms with Crippen LogP contribution < -0.4 is 20.7 Å². The number of carbonyl (C=O) groups excluding carboxylic acids is 1. The standard InChI is InChI=1S/C25H35N5O2/c1-25(2,3)32-22-13-6-5-11-20(22)18-28-23(26-4)27-17-19-10-9-12-21(16-19)29-24(31)30-14-7-8-15-30/h5-6,9-13,16H,7-8,14-15,17-18H2,1-4H3,(H,29,31)(H2,26,27,28). The normalized spacial score (nSPS) is 14.2. The second-order valence-electron chi connectivity index (χ2n) is 8.93. The van der Waals surface area contributed by atoms with Gasteiger partial charge >= 0.3 is 6.03 Å². The number of aliphatic imine (C=N–C) groups is 1. The highest BCUT2D eigenvalue weighted by atomic mass is 16.5. The van der Waals surface area contributed by atoms with Gasteiger partial charge < -0.3 is 25.6 Å². The van der Waals surface area contributed by atoms with Gasteiger partial charge in [-0.15, -0.1) is 0 Å². The van der Waals surface area contributed by atoms with Crippen molar-refractivity contribution in [2.45, 2.75) is 52.3 Å². The predicted molar refractivity (Wildman–Crippen MR) is 130 cm³/mol. The number of anilines is 1. The van der Waals surface area contributed by atoms with E-state index in [1.165, 1.54) is 0 Å². The summed E-state index contributed by atoms with van der Waals surface area (Å²) in [7, 11) is 1.75. The number of likely N-dealkylation sites (tertiary alicyclic amines) is 1. The average Bonchev–Trinajstić information content (AvgIpc) is 3.29. The van der Waals surface area contributed by atoms with Gasteiger partial charge in [-0.1, -0.05) is 30.3 Å². The quantitative estimate of drug-likeness (QED) is 0.464. The average molecular weight is 438 g/mol. The Hall–Kier alpha value is -3.22. The van der Waals surface area contributed by atoms with E-state index in [-0.39, 0.29) is 11.6 Å². The summed E-state index contributed by atoms with van der Waals surface area (Å²) in [6.07, 6.45) is 2.16. The molecule has 0 unspecified atom stereocenters. The summed E-state index contributed by atoms with van der Waals surface area (Å²) in [5.74, 6) is 1.56. The third-order valence-electron chi connectivity index (χ3n) is 5.09. The first kappa shape index (κ1) is 23.4. The van der Waals surface area contributed by atoms with Crippen LogP contribution in [0, 0.1) is 0 Å². The molecule has 7 nitrogen and oxygen atoms in total. The van der Waals surface area contributed by atoms with E-state index < -0.39 is 0 Å². The van der Waals surface area contributed by atoms with E-state index in [1.807, 2.05) is 74.2 Å². The Morgan fingerprint density at radius 2 is 1.75 bits per heavy atom. The lowest BCUT2D eigenvalue weighted by atomic mass is 10.1. The summed E-state index contributed by atoms with van der Waals surface area (Å²) in [6.45, 7) is 8.97. The lowest BCUT2D eigenvalue weighted by Gasteiger charge is -2.23. The zero-order valence-corrected chi connectivity index (χ0v) is 19.6. The highest BCUT2D eigenvalue weighted by Gasteiger charge is 2.18. The van der Waals surface area contributed by atoms with Gasteiger partial charge in [0.25, 0.3) is 0 Å². The Balaban J connectivity index is 1.53. The molecule has 3 rings (SSSR count). The first-order valence-corrected chi connectivity index (χ1v) is 11.2. The number of amides is 2. The van der Waals surface area contributed by atoms with Crippen molar-refractivity contribution < 1.29 is 9.53 Å². The zero-order valence-electron chi connectivity index (χ0n) is 19.6. The molecule has 1 fully saturated rings. The van der Waals surface area contributed by atoms with E-state index in [1.54, 1.807) is 7.05 Å². The van der Waals surface area contributed by atoms with Gasteiger partial charge in [0, 0.05) is 44.5 Å². The molecule has 3 N–H and O–H groups in total. The molecule has 1 aliphatic rings. The van der Waals surface area contributed by atoms with Crippen LogP contribution in [-0.2, 0) is 13.1 Å². The summed E-state index contributed by atoms with van der Waals surface area (Å²) < 4.78 is 6.07. The molecule has 1 saturated heterocycles. The molecule has 0 radical (unpaired) electrons. The number of nitrogens with zero attached hydrogens (tertiary/aromatic N) is 2. The van der Waals surface area contributed by atoms with E-state index >= 15 is 0 Å². The largest absolute Gasteiger partial charge is 0.488 e. The molecule has 1 heterocycles. The fourth-order valence-electron chi connectivity index (χ4n) is 3.55. The number of guanidine groups is 1. The summed E-state index contributed by atoms with van der Waals surface area (Å²) in [5.41, 5.74) is 2.67. The monoisotopic (exact) mass is 437 g/mol. The summed E-state index contributed by atoms with van der Waals surface area (Å²) in [4.78, 5) is 18.5. The van der Waals surface area contributed by atoms with Crippen LogP contribution >= 0.6 is 0 Å². The minimum atomic E-state index is -0.259. The summed E-state index contributed by atoms with van der Waals surface area (Å²) >= 11 is 0. The zero-order chi connectivity index (χ0) is 23.0. The van der Waals surface area contributed by atoms with Crippen LogP contribution in [0.3, 0.4) is 0 Å². The molecule has 0 bridgehead atoms. The van der Waals surface area contributed by atoms with Gasteiger partial charge in [-0.25, -0.2) is 4.79 Å². The van der Waals surface area contributed by atoms with Crippen LogP contribution in [0.4, 0.5) is 10.5 Å². The third-order valence-corrected chi connectivity index (χ3v) is 5.09. The number of rotatable bonds is 6. The number of urea groups is 1. The fraction of sp³-hybridized carbons (Fsp3) is 0.440. The van der Waals surface area contributed by atoms with Crippen LogP contribution in [0.2, 0.25) is 0 Å². The second kappa shape index (κ2) is 10.9. The molecule has 0 spiro atoms. The molecule has 2 amide bonds. The molecule has 1 aliphatic heterocycles. The predicted octanol–water partition coefficient (Wildman–Crippen LogP) is 4.36. The van der Waals surface area contributed by atoms with Gasteiger partial charge in [-0.2, -0.15) is 0 Å². The maximum atomic E-state index is 12.3. The van der Waals surface area contributed by atoms with Crippen LogP contribution in [0.1, 0.15) is 44.7 Å². The number of nitrogens with one attached hydrogen (secondary N) is 3. The van der Waals surface area contributed by atoms with E-state index in [2.05, 4.69) is 20.9 Å². The smallest absolute Gasteiger partial charge is 0.321 e. The minimum absolute atomic E-state index is 0.0266. The molecule has 0 aliphatic carbocycles. The first-order valence-electron chi connectivity index (χ1n) is 11.2. The van der Waals surface area contributed by atoms with Crippen molar-refractivity contribution >= 4 is 17.7 Å². The lowest BCUT2D eigenvalue weighted by Crippen LogP contribution is -2.36. The topological polar surface area (TPSA) is 78.0 Å². The Labute approximate surface area is 191 Å². The second-order valence-corrected chi connectivity index (χ2v) is 8.93. The molecule has 0 aromatic heterocycles. The summed E-state index contributed by atoms with van der Waals surface area (Å²) in [5, 5.41) is 9.68. The third kappa shape index (κ3) is 7.18. The Kier molecular flexibility index (Phi) is 7.98. The van der Waals surface area contributed by atoms with E-state index in [0.29, 0.717) is 19.0 Å². The number of benzene rings is 2. The lowest BCUT2D eigenvalue weighted by molar-refractivity contribution is 0.129. The SMILES string of the molecule is CN=C(NCc1cccc(NC(=O)N2CCCC2)c1)NCc1ccccc1OC(C)(C)C. The van der Waals surface area contributed by atoms with Crippen molar-refractivity contribution in [3.8, 4) is 5.75 Å². The van der Waals surface area contributed by atoms with Crippen molar-refractivity contribution in [3.63, 3.8) is 0 Å². The summed E-state index contributed by atoms with van der Waals surface area (Å²) in [6, 6.07) is 15.9. The number of hydrogen-bond acceptors (Lipinski definition) is 3. The molecule has 32 heavy (non-hydrogen) atoms. The van der Waals surface area contributed by atoms with Crippen LogP contribution in [0.15, 0.2) is 53.5 Å². The molecule has 172 valence electrons. The van der Waals surface area contributed by atoms with Gasteiger partial charge in [-0.05, 0) is 57.4 Å². The van der Waals surface area contributed by atoms with Gasteiger partial charge in [0.1, 0.15) is 11.4 Å². The van der Waals surface area contributed by atoms with Crippen LogP contribution in [0.25, 0.3) is 0 Å². The molecule has 2 aromatic carbocycles. The molecule has 0 atom stereocenters. The van der Waals surface area contributed by atoms with Gasteiger partial charge in [-0.3, -0.25) is 4.99 Å². The van der Waals surface area contributed by atoms with Crippen molar-refractivity contribution in [2.24, 2.45) is 4.99 Å². The Morgan fingerprint density at radius 3 is 2.47 bits per heavy atom. The number of ether oxygens (including phenoxy) is 1. The van der Waals surface area contributed by atoms with Gasteiger partial charge in [0.15, 0.2) is 5.96 Å². The van der Waals surface area contributed by atoms with Crippen molar-refractivity contribution in [3.05, 3.63) is 59.7 Å². The van der Waals surface area contributed by atoms with Crippen molar-refractivity contribution in [2.75, 3.05) is 25.5 Å². The number of para-hydroxylation sites is 1. The van der Waals surface area contributed by atoms with E-state index in [4.69, 9.17) is 4.74 Å². The van der Waals surface area contributed by atoms with Gasteiger partial charge in [0.05, 0.1) is 0 Å². The van der Waals surface area contributed by atoms with E-state index in [9.17, 15) is 4.79 Å². The molecule has 7 heteroatoms. The Morgan fingerprint density at radius 1 is 1.03 bits per heavy atom. The minimum Gasteiger partial charge on any atom is -0.488 e. The number of carbonyl (C=O) groups is 1. The Bertz CT molecular complexity index is 930. The molecular formula is C25H35N5O2. The van der Waals surface area contributed by atoms with Crippen molar-refractivity contribution in [1.82, 2.24) is 15.5 Å². The first-order chi connectivity index (χ1) is 15.3. The van der Waals surface area contributed by atoms with Crippen LogP contribution in [0.5, 0.6) is 5.75 Å². The maximum Gasteiger partial charge on any atom is 0.321 e. The fourth-order valence-corrected chi connectivity index (χ4v) is 3.55.